The summed E-state index contributed by atoms with van der Waals surface area (Å²) in [6.45, 7) is 16.3. The zero-order valence-electron chi connectivity index (χ0n) is 44.9. The Hall–Kier alpha value is -5.92. The number of carbonyl (C=O) groups excluding carboxylic acids is 2. The summed E-state index contributed by atoms with van der Waals surface area (Å²) in [5.41, 5.74) is 6.85. The topological polar surface area (TPSA) is 133 Å². The summed E-state index contributed by atoms with van der Waals surface area (Å²) >= 11 is 7.80. The van der Waals surface area contributed by atoms with Gasteiger partial charge in [0.15, 0.2) is 5.82 Å². The van der Waals surface area contributed by atoms with Crippen molar-refractivity contribution in [3.63, 3.8) is 0 Å². The Kier molecular flexibility index (Phi) is 17.4. The van der Waals surface area contributed by atoms with E-state index in [1.54, 1.807) is 49.8 Å². The number of hydrogen-bond donors (Lipinski definition) is 2. The van der Waals surface area contributed by atoms with Gasteiger partial charge in [-0.1, -0.05) is 35.7 Å². The summed E-state index contributed by atoms with van der Waals surface area (Å²) in [7, 11) is -2.36. The number of aryl methyl sites for hydroxylation is 2. The first-order valence-electron chi connectivity index (χ1n) is 26.7. The predicted octanol–water partition coefficient (Wildman–Crippen LogP) is 10.9. The maximum atomic E-state index is 13.7. The molecule has 4 aliphatic heterocycles. The molecule has 0 bridgehead atoms. The third-order valence-corrected chi connectivity index (χ3v) is 18.6. The van der Waals surface area contributed by atoms with Gasteiger partial charge in [-0.3, -0.25) is 24.0 Å². The lowest BCUT2D eigenvalue weighted by atomic mass is 9.83. The molecule has 19 heteroatoms. The van der Waals surface area contributed by atoms with Crippen LogP contribution in [0.5, 0.6) is 0 Å². The van der Waals surface area contributed by atoms with E-state index >= 15 is 0 Å². The first kappa shape index (κ1) is 55.8. The lowest BCUT2D eigenvalue weighted by Crippen LogP contribution is -2.47. The SMILES string of the molecule is CC(=O)N1CCC(CC2CCN(C(=O)CN3CCC(Nc4cccc5c4cc(C#CCNc4ccc(P(C)(C)=O)cc4)n5CC(F)(F)F)CC3)CC2)CC1.Cc1sc2c(c1C)C(c1ccc(Cl)cc1)=NCc1nnc(C)n1-2. The molecule has 7 heterocycles. The number of likely N-dealkylation sites (tertiary alicyclic amines) is 3. The van der Waals surface area contributed by atoms with Gasteiger partial charge < -0.3 is 29.6 Å². The van der Waals surface area contributed by atoms with Crippen LogP contribution < -0.4 is 15.9 Å². The second kappa shape index (κ2) is 24.0. The minimum Gasteiger partial charge on any atom is -0.382 e. The Bertz CT molecular complexity index is 3220. The van der Waals surface area contributed by atoms with E-state index in [1.807, 2.05) is 71.3 Å². The third kappa shape index (κ3) is 13.7. The van der Waals surface area contributed by atoms with Crippen LogP contribution in [0.25, 0.3) is 15.9 Å². The molecule has 0 unspecified atom stereocenters. The predicted molar refractivity (Wildman–Crippen MR) is 305 cm³/mol. The quantitative estimate of drug-likeness (QED) is 0.0968. The minimum atomic E-state index is -4.42. The summed E-state index contributed by atoms with van der Waals surface area (Å²) in [6, 6.07) is 22.4. The van der Waals surface area contributed by atoms with Gasteiger partial charge in [-0.15, -0.1) is 21.5 Å². The number of piperidine rings is 3. The van der Waals surface area contributed by atoms with Crippen LogP contribution in [0.3, 0.4) is 0 Å². The highest BCUT2D eigenvalue weighted by Gasteiger charge is 2.32. The molecule has 3 saturated heterocycles. The lowest BCUT2D eigenvalue weighted by molar-refractivity contribution is -0.140. The first-order chi connectivity index (χ1) is 36.8. The number of hydrogen-bond acceptors (Lipinski definition) is 10. The van der Waals surface area contributed by atoms with Crippen LogP contribution in [0, 0.1) is 44.4 Å². The molecule has 13 nitrogen and oxygen atoms in total. The van der Waals surface area contributed by atoms with Crippen LogP contribution in [0.15, 0.2) is 77.8 Å². The average Bonchev–Trinajstić information content (AvgIpc) is 4.08. The van der Waals surface area contributed by atoms with Crippen molar-refractivity contribution >= 4 is 75.2 Å². The van der Waals surface area contributed by atoms with Crippen LogP contribution in [-0.2, 0) is 27.2 Å². The first-order valence-corrected chi connectivity index (χ1v) is 30.5. The zero-order valence-corrected chi connectivity index (χ0v) is 47.3. The molecule has 10 rings (SSSR count). The molecule has 0 atom stereocenters. The van der Waals surface area contributed by atoms with Crippen LogP contribution in [0.1, 0.15) is 90.8 Å². The van der Waals surface area contributed by atoms with E-state index < -0.39 is 19.9 Å². The molecule has 4 aliphatic rings. The highest BCUT2D eigenvalue weighted by Crippen LogP contribution is 2.38. The van der Waals surface area contributed by atoms with Gasteiger partial charge in [-0.25, -0.2) is 0 Å². The molecule has 408 valence electrons. The van der Waals surface area contributed by atoms with Crippen LogP contribution in [-0.4, -0.2) is 129 Å². The van der Waals surface area contributed by atoms with Crippen molar-refractivity contribution in [3.05, 3.63) is 117 Å². The van der Waals surface area contributed by atoms with E-state index in [0.717, 1.165) is 127 Å². The monoisotopic (exact) mass is 1110 g/mol. The molecule has 0 aliphatic carbocycles. The van der Waals surface area contributed by atoms with E-state index in [9.17, 15) is 27.3 Å². The number of alkyl halides is 3. The third-order valence-electron chi connectivity index (χ3n) is 15.6. The highest BCUT2D eigenvalue weighted by molar-refractivity contribution is 7.70. The highest BCUT2D eigenvalue weighted by atomic mass is 35.5. The number of fused-ring (bicyclic) bond motifs is 4. The molecule has 3 aromatic heterocycles. The number of aromatic nitrogens is 4. The zero-order chi connectivity index (χ0) is 54.6. The fraction of sp³-hybridized carbons (Fsp3) is 0.466. The molecule has 0 spiro atoms. The Morgan fingerprint density at radius 2 is 1.52 bits per heavy atom. The van der Waals surface area contributed by atoms with Crippen LogP contribution in [0.4, 0.5) is 24.5 Å². The van der Waals surface area contributed by atoms with E-state index in [-0.39, 0.29) is 24.4 Å². The number of benzene rings is 3. The number of carbonyl (C=O) groups is 2. The van der Waals surface area contributed by atoms with E-state index in [0.29, 0.717) is 41.5 Å². The standard InChI is InChI=1S/C41H54F3N6O3P.C17H15ClN4S/c1-30(51)48-22-13-31(14-23-48)26-32-15-24-49(25-16-32)40(52)28-47-20-17-34(18-21-47)46-38-7-4-8-39-37(38)27-35(50(39)29-41(42,43)44)6-5-19-45-33-9-11-36(12-10-33)54(2,3)53;1-9-10(2)23-17-15(9)16(12-4-6-13(18)7-5-12)19-8-14-21-20-11(3)22(14)17/h4,7-12,27,31-32,34,45-46H,13-26,28-29H2,1-3H3;4-7H,8H2,1-3H3. The Labute approximate surface area is 459 Å². The molecule has 3 fully saturated rings. The molecule has 0 radical (unpaired) electrons. The van der Waals surface area contributed by atoms with Crippen molar-refractivity contribution in [3.8, 4) is 16.8 Å². The van der Waals surface area contributed by atoms with Crippen molar-refractivity contribution in [1.82, 2.24) is 34.0 Å². The van der Waals surface area contributed by atoms with Crippen LogP contribution in [0.2, 0.25) is 5.02 Å². The molecule has 6 aromatic rings. The molecule has 0 saturated carbocycles. The van der Waals surface area contributed by atoms with Crippen molar-refractivity contribution < 1.29 is 27.3 Å². The van der Waals surface area contributed by atoms with Gasteiger partial charge in [-0.2, -0.15) is 13.2 Å². The van der Waals surface area contributed by atoms with Crippen molar-refractivity contribution in [2.24, 2.45) is 16.8 Å². The van der Waals surface area contributed by atoms with Gasteiger partial charge in [0.2, 0.25) is 11.8 Å². The van der Waals surface area contributed by atoms with Crippen molar-refractivity contribution in [1.29, 1.82) is 0 Å². The van der Waals surface area contributed by atoms with Crippen LogP contribution >= 0.6 is 30.1 Å². The second-order valence-electron chi connectivity index (χ2n) is 21.4. The molecule has 77 heavy (non-hydrogen) atoms. The van der Waals surface area contributed by atoms with Gasteiger partial charge in [0.05, 0.1) is 30.0 Å². The number of aliphatic imine (C=N–C) groups is 1. The Morgan fingerprint density at radius 3 is 2.16 bits per heavy atom. The van der Waals surface area contributed by atoms with Gasteiger partial charge in [-0.05, 0) is 157 Å². The average molecular weight is 1110 g/mol. The maximum Gasteiger partial charge on any atom is 0.406 e. The number of thiophene rings is 1. The van der Waals surface area contributed by atoms with Gasteiger partial charge in [0.25, 0.3) is 0 Å². The van der Waals surface area contributed by atoms with Crippen molar-refractivity contribution in [2.75, 3.05) is 76.3 Å². The fourth-order valence-corrected chi connectivity index (χ4v) is 13.3. The van der Waals surface area contributed by atoms with E-state index in [4.69, 9.17) is 16.6 Å². The normalized spacial score (nSPS) is 16.9. The minimum absolute atomic E-state index is 0.130. The van der Waals surface area contributed by atoms with Gasteiger partial charge >= 0.3 is 6.18 Å². The second-order valence-corrected chi connectivity index (χ2v) is 26.2. The summed E-state index contributed by atoms with van der Waals surface area (Å²) in [6.07, 6.45) is 2.68. The molecule has 2 N–H and O–H groups in total. The summed E-state index contributed by atoms with van der Waals surface area (Å²) in [4.78, 5) is 37.2. The largest absolute Gasteiger partial charge is 0.406 e. The maximum absolute atomic E-state index is 13.7. The Morgan fingerprint density at radius 1 is 0.857 bits per heavy atom. The van der Waals surface area contributed by atoms with Crippen molar-refractivity contribution in [2.45, 2.75) is 97.9 Å². The number of anilines is 2. The van der Waals surface area contributed by atoms with E-state index in [2.05, 4.69) is 56.0 Å². The smallest absolute Gasteiger partial charge is 0.382 e. The molecule has 2 amide bonds. The number of amides is 2. The lowest BCUT2D eigenvalue weighted by Gasteiger charge is -2.38. The molecule has 3 aromatic carbocycles. The molecular formula is C58H69ClF3N10O3PS. The fourth-order valence-electron chi connectivity index (χ4n) is 11.1. The number of nitrogens with one attached hydrogen (secondary N) is 2. The summed E-state index contributed by atoms with van der Waals surface area (Å²) < 4.78 is 56.9. The summed E-state index contributed by atoms with van der Waals surface area (Å²) in [5.74, 6) is 9.41. The summed E-state index contributed by atoms with van der Waals surface area (Å²) in [5, 5.41) is 18.6. The number of rotatable bonds is 11. The van der Waals surface area contributed by atoms with Gasteiger partial charge in [0, 0.05) is 95.3 Å². The van der Waals surface area contributed by atoms with E-state index in [1.165, 1.54) is 27.0 Å². The number of halogens is 4. The Balaban J connectivity index is 0.000000259. The van der Waals surface area contributed by atoms with Gasteiger partial charge in [0.1, 0.15) is 31.1 Å². The number of nitrogens with zero attached hydrogens (tertiary/aromatic N) is 8. The molecular weight excluding hydrogens is 1040 g/mol.